The van der Waals surface area contributed by atoms with Crippen LogP contribution in [0, 0.1) is 6.92 Å². The summed E-state index contributed by atoms with van der Waals surface area (Å²) in [5.74, 6) is 0.256. The molecule has 0 aliphatic carbocycles. The molecule has 0 unspecified atom stereocenters. The zero-order valence-electron chi connectivity index (χ0n) is 10.6. The van der Waals surface area contributed by atoms with Crippen LogP contribution in [-0.4, -0.2) is 41.6 Å². The summed E-state index contributed by atoms with van der Waals surface area (Å²) in [4.78, 5) is 11.9. The highest BCUT2D eigenvalue weighted by atomic mass is 16.6. The minimum absolute atomic E-state index is 0.0985. The number of amides is 1. The fraction of sp³-hybridized carbons (Fsp3) is 0.727. The van der Waals surface area contributed by atoms with Gasteiger partial charge in [-0.05, 0) is 31.8 Å². The second-order valence-corrected chi connectivity index (χ2v) is 4.44. The molecular formula is C11H17N3O4. The van der Waals surface area contributed by atoms with Crippen LogP contribution in [0.4, 0.5) is 0 Å². The molecule has 1 fully saturated rings. The van der Waals surface area contributed by atoms with Gasteiger partial charge in [0.05, 0.1) is 6.54 Å². The Bertz CT molecular complexity index is 412. The molecule has 7 nitrogen and oxygen atoms in total. The van der Waals surface area contributed by atoms with Crippen LogP contribution >= 0.6 is 0 Å². The van der Waals surface area contributed by atoms with Crippen LogP contribution < -0.4 is 10.1 Å². The van der Waals surface area contributed by atoms with E-state index in [1.165, 1.54) is 0 Å². The van der Waals surface area contributed by atoms with Gasteiger partial charge in [-0.3, -0.25) is 4.79 Å². The molecule has 1 atom stereocenters. The summed E-state index contributed by atoms with van der Waals surface area (Å²) >= 11 is 0. The van der Waals surface area contributed by atoms with Crippen LogP contribution in [0.3, 0.4) is 0 Å². The molecule has 1 N–H and O–H groups in total. The summed E-state index contributed by atoms with van der Waals surface area (Å²) in [6.45, 7) is 4.89. The number of aryl methyl sites for hydroxylation is 1. The number of ether oxygens (including phenoxy) is 2. The van der Waals surface area contributed by atoms with E-state index < -0.39 is 5.60 Å². The van der Waals surface area contributed by atoms with Crippen molar-refractivity contribution in [1.29, 1.82) is 0 Å². The number of carbonyl (C=O) groups is 1. The van der Waals surface area contributed by atoms with Crippen molar-refractivity contribution >= 4 is 5.91 Å². The van der Waals surface area contributed by atoms with Gasteiger partial charge in [0.1, 0.15) is 17.9 Å². The van der Waals surface area contributed by atoms with Crippen molar-refractivity contribution in [3.63, 3.8) is 0 Å². The third-order valence-corrected chi connectivity index (χ3v) is 2.94. The molecule has 100 valence electrons. The van der Waals surface area contributed by atoms with Gasteiger partial charge in [0, 0.05) is 6.61 Å². The molecule has 0 aromatic carbocycles. The molecule has 1 aromatic heterocycles. The van der Waals surface area contributed by atoms with E-state index in [1.807, 2.05) is 6.92 Å². The molecule has 1 aliphatic heterocycles. The predicted octanol–water partition coefficient (Wildman–Crippen LogP) is 0.442. The second-order valence-electron chi connectivity index (χ2n) is 4.44. The van der Waals surface area contributed by atoms with Crippen LogP contribution in [0.2, 0.25) is 0 Å². The van der Waals surface area contributed by atoms with Crippen LogP contribution in [0.5, 0.6) is 5.88 Å². The first-order valence-corrected chi connectivity index (χ1v) is 5.96. The standard InChI is InChI=1S/C11H17N3O4/c1-8-9(14-18-13-8)16-7-5-12-10(15)11(2)4-3-6-17-11/h3-7H2,1-2H3,(H,12,15)/t11-/m0/s1. The van der Waals surface area contributed by atoms with E-state index in [4.69, 9.17) is 9.47 Å². The lowest BCUT2D eigenvalue weighted by atomic mass is 10.0. The van der Waals surface area contributed by atoms with Crippen molar-refractivity contribution in [3.8, 4) is 5.88 Å². The van der Waals surface area contributed by atoms with Gasteiger partial charge in [-0.25, -0.2) is 4.63 Å². The topological polar surface area (TPSA) is 86.5 Å². The van der Waals surface area contributed by atoms with Crippen molar-refractivity contribution in [2.45, 2.75) is 32.3 Å². The zero-order chi connectivity index (χ0) is 13.0. The molecule has 2 rings (SSSR count). The van der Waals surface area contributed by atoms with Gasteiger partial charge in [-0.1, -0.05) is 5.16 Å². The van der Waals surface area contributed by atoms with E-state index in [1.54, 1.807) is 6.92 Å². The first-order chi connectivity index (χ1) is 8.62. The average molecular weight is 255 g/mol. The maximum Gasteiger partial charge on any atom is 0.278 e. The van der Waals surface area contributed by atoms with Gasteiger partial charge >= 0.3 is 0 Å². The van der Waals surface area contributed by atoms with Gasteiger partial charge in [0.15, 0.2) is 0 Å². The first kappa shape index (κ1) is 12.8. The highest BCUT2D eigenvalue weighted by molar-refractivity contribution is 5.84. The number of hydrogen-bond acceptors (Lipinski definition) is 6. The Morgan fingerprint density at radius 2 is 2.39 bits per heavy atom. The lowest BCUT2D eigenvalue weighted by Gasteiger charge is -2.21. The first-order valence-electron chi connectivity index (χ1n) is 5.96. The Kier molecular flexibility index (Phi) is 3.81. The van der Waals surface area contributed by atoms with Crippen LogP contribution in [0.15, 0.2) is 4.63 Å². The van der Waals surface area contributed by atoms with Gasteiger partial charge in [-0.2, -0.15) is 0 Å². The number of hydrogen-bond donors (Lipinski definition) is 1. The van der Waals surface area contributed by atoms with Gasteiger partial charge in [0.25, 0.3) is 11.8 Å². The predicted molar refractivity (Wildman–Crippen MR) is 61.1 cm³/mol. The Hall–Kier alpha value is -1.63. The van der Waals surface area contributed by atoms with Crippen molar-refractivity contribution in [2.75, 3.05) is 19.8 Å². The second kappa shape index (κ2) is 5.34. The highest BCUT2D eigenvalue weighted by Crippen LogP contribution is 2.24. The molecule has 1 aliphatic rings. The van der Waals surface area contributed by atoms with Crippen LogP contribution in [0.25, 0.3) is 0 Å². The minimum atomic E-state index is -0.689. The summed E-state index contributed by atoms with van der Waals surface area (Å²) in [5, 5.41) is 9.94. The molecule has 18 heavy (non-hydrogen) atoms. The van der Waals surface area contributed by atoms with Crippen LogP contribution in [-0.2, 0) is 9.53 Å². The number of rotatable bonds is 5. The van der Waals surface area contributed by atoms with Crippen molar-refractivity contribution in [2.24, 2.45) is 0 Å². The monoisotopic (exact) mass is 255 g/mol. The normalized spacial score (nSPS) is 23.0. The van der Waals surface area contributed by atoms with E-state index in [2.05, 4.69) is 20.3 Å². The Balaban J connectivity index is 1.69. The van der Waals surface area contributed by atoms with Crippen molar-refractivity contribution in [1.82, 2.24) is 15.6 Å². The highest BCUT2D eigenvalue weighted by Gasteiger charge is 2.37. The van der Waals surface area contributed by atoms with Gasteiger partial charge in [-0.15, -0.1) is 0 Å². The Labute approximate surface area is 105 Å². The molecule has 0 bridgehead atoms. The molecule has 0 spiro atoms. The molecule has 7 heteroatoms. The number of nitrogens with zero attached hydrogens (tertiary/aromatic N) is 2. The van der Waals surface area contributed by atoms with Crippen molar-refractivity contribution in [3.05, 3.63) is 5.69 Å². The molecule has 1 amide bonds. The summed E-state index contributed by atoms with van der Waals surface area (Å²) in [7, 11) is 0. The van der Waals surface area contributed by atoms with E-state index >= 15 is 0 Å². The molecule has 2 heterocycles. The fourth-order valence-corrected chi connectivity index (χ4v) is 1.81. The third-order valence-electron chi connectivity index (χ3n) is 2.94. The molecule has 1 aromatic rings. The minimum Gasteiger partial charge on any atom is -0.472 e. The molecular weight excluding hydrogens is 238 g/mol. The molecule has 0 saturated carbocycles. The summed E-state index contributed by atoms with van der Waals surface area (Å²) < 4.78 is 15.2. The van der Waals surface area contributed by atoms with Gasteiger partial charge in [0.2, 0.25) is 0 Å². The van der Waals surface area contributed by atoms with Crippen LogP contribution in [0.1, 0.15) is 25.5 Å². The summed E-state index contributed by atoms with van der Waals surface area (Å²) in [6, 6.07) is 0. The average Bonchev–Trinajstić information content (AvgIpc) is 2.95. The summed E-state index contributed by atoms with van der Waals surface area (Å²) in [5.41, 5.74) is -0.0989. The zero-order valence-corrected chi connectivity index (χ0v) is 10.6. The van der Waals surface area contributed by atoms with Crippen molar-refractivity contribution < 1.29 is 18.9 Å². The quantitative estimate of drug-likeness (QED) is 0.768. The SMILES string of the molecule is Cc1nonc1OCCNC(=O)[C@]1(C)CCCO1. The number of carbonyl (C=O) groups excluding carboxylic acids is 1. The lowest BCUT2D eigenvalue weighted by molar-refractivity contribution is -0.139. The largest absolute Gasteiger partial charge is 0.472 e. The lowest BCUT2D eigenvalue weighted by Crippen LogP contribution is -2.45. The maximum absolute atomic E-state index is 11.9. The van der Waals surface area contributed by atoms with E-state index in [-0.39, 0.29) is 5.91 Å². The Morgan fingerprint density at radius 1 is 1.56 bits per heavy atom. The number of aromatic nitrogens is 2. The smallest absolute Gasteiger partial charge is 0.278 e. The van der Waals surface area contributed by atoms with Gasteiger partial charge < -0.3 is 14.8 Å². The third kappa shape index (κ3) is 2.79. The molecule has 0 radical (unpaired) electrons. The van der Waals surface area contributed by atoms with E-state index in [0.717, 1.165) is 12.8 Å². The van der Waals surface area contributed by atoms with E-state index in [0.29, 0.717) is 31.3 Å². The molecule has 1 saturated heterocycles. The number of nitrogens with one attached hydrogen (secondary N) is 1. The van der Waals surface area contributed by atoms with E-state index in [9.17, 15) is 4.79 Å². The fourth-order valence-electron chi connectivity index (χ4n) is 1.81. The maximum atomic E-state index is 11.9. The summed E-state index contributed by atoms with van der Waals surface area (Å²) in [6.07, 6.45) is 1.68. The Morgan fingerprint density at radius 3 is 3.00 bits per heavy atom.